The zero-order valence-corrected chi connectivity index (χ0v) is 20.1. The summed E-state index contributed by atoms with van der Waals surface area (Å²) in [6.45, 7) is 5.46. The highest BCUT2D eigenvalue weighted by atomic mass is 16.7. The van der Waals surface area contributed by atoms with E-state index in [0.29, 0.717) is 23.9 Å². The predicted molar refractivity (Wildman–Crippen MR) is 129 cm³/mol. The zero-order chi connectivity index (χ0) is 25.2. The number of nitrogens with one attached hydrogen (secondary N) is 2. The van der Waals surface area contributed by atoms with E-state index < -0.39 is 24.1 Å². The maximum Gasteiger partial charge on any atom is 0.408 e. The van der Waals surface area contributed by atoms with E-state index in [0.717, 1.165) is 5.56 Å². The first-order chi connectivity index (χ1) is 16.9. The van der Waals surface area contributed by atoms with Crippen molar-refractivity contribution in [2.45, 2.75) is 52.3 Å². The lowest BCUT2D eigenvalue weighted by molar-refractivity contribution is -0.131. The maximum atomic E-state index is 13.0. The smallest absolute Gasteiger partial charge is 0.408 e. The minimum absolute atomic E-state index is 0.0903. The van der Waals surface area contributed by atoms with Gasteiger partial charge in [0.1, 0.15) is 23.7 Å². The topological polar surface area (TPSA) is 124 Å². The Bertz CT molecular complexity index is 1130. The molecule has 0 bridgehead atoms. The van der Waals surface area contributed by atoms with Gasteiger partial charge in [-0.3, -0.25) is 9.59 Å². The van der Waals surface area contributed by atoms with Crippen molar-refractivity contribution in [2.24, 2.45) is 5.92 Å². The molecule has 0 fully saturated rings. The maximum absolute atomic E-state index is 13.0. The lowest BCUT2D eigenvalue weighted by Gasteiger charge is -2.23. The summed E-state index contributed by atoms with van der Waals surface area (Å²) < 4.78 is 5.25. The number of aromatic nitrogens is 3. The van der Waals surface area contributed by atoms with E-state index in [2.05, 4.69) is 20.9 Å². The van der Waals surface area contributed by atoms with Crippen molar-refractivity contribution in [1.29, 1.82) is 0 Å². The van der Waals surface area contributed by atoms with E-state index in [1.165, 1.54) is 4.85 Å². The van der Waals surface area contributed by atoms with E-state index in [4.69, 9.17) is 9.57 Å². The number of nitrogens with zero attached hydrogens (tertiary/aromatic N) is 3. The van der Waals surface area contributed by atoms with Crippen LogP contribution < -0.4 is 15.5 Å². The van der Waals surface area contributed by atoms with Gasteiger partial charge in [0.05, 0.1) is 6.04 Å². The Balaban J connectivity index is 1.55. The fourth-order valence-electron chi connectivity index (χ4n) is 3.46. The van der Waals surface area contributed by atoms with E-state index in [-0.39, 0.29) is 24.9 Å². The SMILES string of the molecule is CC[C@H](NC(=O)[C@H](CC(C)C)NC(=O)OCc1ccccc1)C(=O)COn1nnc2ccccc21. The molecule has 1 heterocycles. The molecule has 0 aliphatic carbocycles. The van der Waals surface area contributed by atoms with Gasteiger partial charge >= 0.3 is 6.09 Å². The summed E-state index contributed by atoms with van der Waals surface area (Å²) in [6.07, 6.45) is 0.0486. The van der Waals surface area contributed by atoms with E-state index in [1.807, 2.05) is 56.3 Å². The van der Waals surface area contributed by atoms with E-state index in [1.54, 1.807) is 19.1 Å². The number of carbonyl (C=O) groups excluding carboxylic acids is 3. The zero-order valence-electron chi connectivity index (χ0n) is 20.1. The van der Waals surface area contributed by atoms with E-state index in [9.17, 15) is 14.4 Å². The molecule has 2 aromatic carbocycles. The van der Waals surface area contributed by atoms with Gasteiger partial charge in [0.15, 0.2) is 12.4 Å². The summed E-state index contributed by atoms with van der Waals surface area (Å²) in [5.74, 6) is -0.656. The molecular weight excluding hydrogens is 450 g/mol. The number of benzene rings is 2. The fraction of sp³-hybridized carbons (Fsp3) is 0.400. The Morgan fingerprint density at radius 2 is 1.69 bits per heavy atom. The molecule has 10 heteroatoms. The van der Waals surface area contributed by atoms with Gasteiger partial charge < -0.3 is 20.2 Å². The minimum Gasteiger partial charge on any atom is -0.445 e. The Morgan fingerprint density at radius 3 is 2.40 bits per heavy atom. The van der Waals surface area contributed by atoms with Crippen LogP contribution in [0.1, 0.15) is 39.2 Å². The van der Waals surface area contributed by atoms with Crippen LogP contribution in [0.2, 0.25) is 0 Å². The molecule has 0 aliphatic rings. The van der Waals surface area contributed by atoms with Crippen LogP contribution in [-0.2, 0) is 20.9 Å². The number of carbonyl (C=O) groups is 3. The molecule has 35 heavy (non-hydrogen) atoms. The number of ether oxygens (including phenoxy) is 1. The molecule has 0 spiro atoms. The van der Waals surface area contributed by atoms with Crippen LogP contribution in [0.25, 0.3) is 11.0 Å². The Labute approximate surface area is 203 Å². The van der Waals surface area contributed by atoms with Gasteiger partial charge in [-0.15, -0.1) is 5.10 Å². The predicted octanol–water partition coefficient (Wildman–Crippen LogP) is 2.66. The van der Waals surface area contributed by atoms with Crippen molar-refractivity contribution >= 4 is 28.8 Å². The van der Waals surface area contributed by atoms with Crippen LogP contribution in [-0.4, -0.2) is 51.6 Å². The fourth-order valence-corrected chi connectivity index (χ4v) is 3.46. The van der Waals surface area contributed by atoms with Gasteiger partial charge in [0.25, 0.3) is 0 Å². The molecule has 2 N–H and O–H groups in total. The second kappa shape index (κ2) is 12.5. The third-order valence-corrected chi connectivity index (χ3v) is 5.29. The normalized spacial score (nSPS) is 12.7. The second-order valence-corrected chi connectivity index (χ2v) is 8.55. The molecule has 1 aromatic heterocycles. The molecule has 2 amide bonds. The molecule has 0 saturated carbocycles. The molecule has 2 atom stereocenters. The lowest BCUT2D eigenvalue weighted by atomic mass is 10.0. The Kier molecular flexibility index (Phi) is 9.16. The van der Waals surface area contributed by atoms with Crippen LogP contribution in [0, 0.1) is 5.92 Å². The average molecular weight is 482 g/mol. The second-order valence-electron chi connectivity index (χ2n) is 8.55. The molecule has 3 aromatic rings. The van der Waals surface area contributed by atoms with Crippen LogP contribution in [0.3, 0.4) is 0 Å². The van der Waals surface area contributed by atoms with Crippen molar-refractivity contribution < 1.29 is 24.0 Å². The van der Waals surface area contributed by atoms with Gasteiger partial charge in [-0.2, -0.15) is 0 Å². The quantitative estimate of drug-likeness (QED) is 0.407. The van der Waals surface area contributed by atoms with Crippen molar-refractivity contribution in [1.82, 2.24) is 25.8 Å². The molecular formula is C25H31N5O5. The number of rotatable bonds is 12. The third kappa shape index (κ3) is 7.53. The standard InChI is InChI=1S/C25H31N5O5/c1-4-19(23(31)16-35-30-22-13-9-8-12-20(22)28-29-30)26-24(32)21(14-17(2)3)27-25(33)34-15-18-10-6-5-7-11-18/h5-13,17,19,21H,4,14-16H2,1-3H3,(H,26,32)(H,27,33)/t19-,21-/m0/s1. The molecule has 10 nitrogen and oxygen atoms in total. The van der Waals surface area contributed by atoms with Crippen LogP contribution in [0.4, 0.5) is 4.79 Å². The van der Waals surface area contributed by atoms with Gasteiger partial charge in [-0.1, -0.05) is 68.1 Å². The molecule has 0 aliphatic heterocycles. The molecule has 186 valence electrons. The van der Waals surface area contributed by atoms with Crippen molar-refractivity contribution in [3.63, 3.8) is 0 Å². The Morgan fingerprint density at radius 1 is 0.971 bits per heavy atom. The number of fused-ring (bicyclic) bond motifs is 1. The third-order valence-electron chi connectivity index (χ3n) is 5.29. The first-order valence-electron chi connectivity index (χ1n) is 11.6. The van der Waals surface area contributed by atoms with Gasteiger partial charge in [0, 0.05) is 0 Å². The average Bonchev–Trinajstić information content (AvgIpc) is 3.27. The van der Waals surface area contributed by atoms with Crippen molar-refractivity contribution in [2.75, 3.05) is 6.61 Å². The summed E-state index contributed by atoms with van der Waals surface area (Å²) in [4.78, 5) is 44.7. The van der Waals surface area contributed by atoms with Crippen LogP contribution in [0.15, 0.2) is 54.6 Å². The minimum atomic E-state index is -0.847. The Hall–Kier alpha value is -3.95. The molecule has 3 rings (SSSR count). The number of amides is 2. The highest BCUT2D eigenvalue weighted by molar-refractivity contribution is 5.92. The summed E-state index contributed by atoms with van der Waals surface area (Å²) in [7, 11) is 0. The lowest BCUT2D eigenvalue weighted by Crippen LogP contribution is -2.52. The first kappa shape index (κ1) is 25.7. The summed E-state index contributed by atoms with van der Waals surface area (Å²) in [5, 5.41) is 13.2. The first-order valence-corrected chi connectivity index (χ1v) is 11.6. The number of Topliss-reactive ketones (excluding diaryl/α,β-unsaturated/α-hetero) is 1. The highest BCUT2D eigenvalue weighted by Gasteiger charge is 2.27. The van der Waals surface area contributed by atoms with E-state index >= 15 is 0 Å². The number of ketones is 1. The number of hydrogen-bond acceptors (Lipinski definition) is 7. The molecule has 0 radical (unpaired) electrons. The number of para-hydroxylation sites is 1. The van der Waals surface area contributed by atoms with Gasteiger partial charge in [-0.25, -0.2) is 4.79 Å². The largest absolute Gasteiger partial charge is 0.445 e. The highest BCUT2D eigenvalue weighted by Crippen LogP contribution is 2.09. The monoisotopic (exact) mass is 481 g/mol. The van der Waals surface area contributed by atoms with Crippen LogP contribution >= 0.6 is 0 Å². The summed E-state index contributed by atoms with van der Waals surface area (Å²) >= 11 is 0. The van der Waals surface area contributed by atoms with Gasteiger partial charge in [-0.05, 0) is 41.7 Å². The molecule has 0 unspecified atom stereocenters. The molecule has 0 saturated heterocycles. The van der Waals surface area contributed by atoms with Gasteiger partial charge in [0.2, 0.25) is 5.91 Å². The van der Waals surface area contributed by atoms with Crippen molar-refractivity contribution in [3.05, 3.63) is 60.2 Å². The van der Waals surface area contributed by atoms with Crippen LogP contribution in [0.5, 0.6) is 0 Å². The summed E-state index contributed by atoms with van der Waals surface area (Å²) in [6, 6.07) is 14.8. The number of hydrogen-bond donors (Lipinski definition) is 2. The van der Waals surface area contributed by atoms with Crippen molar-refractivity contribution in [3.8, 4) is 0 Å². The summed E-state index contributed by atoms with van der Waals surface area (Å²) in [5.41, 5.74) is 2.11. The number of alkyl carbamates (subject to hydrolysis) is 1.